The largest absolute Gasteiger partial charge is 0.322 e. The molecule has 3 aromatic rings. The molecule has 0 aliphatic carbocycles. The summed E-state index contributed by atoms with van der Waals surface area (Å²) in [7, 11) is -3.80. The lowest BCUT2D eigenvalue weighted by Crippen LogP contribution is -2.48. The zero-order valence-corrected chi connectivity index (χ0v) is 20.4. The van der Waals surface area contributed by atoms with Gasteiger partial charge in [-0.1, -0.05) is 17.7 Å². The second-order valence-electron chi connectivity index (χ2n) is 8.92. The van der Waals surface area contributed by atoms with Gasteiger partial charge in [0.2, 0.25) is 10.0 Å². The Morgan fingerprint density at radius 3 is 2.53 bits per heavy atom. The van der Waals surface area contributed by atoms with Crippen LogP contribution in [0.3, 0.4) is 0 Å². The van der Waals surface area contributed by atoms with Crippen LogP contribution in [0.2, 0.25) is 5.02 Å². The number of aromatic nitrogens is 1. The molecule has 12 heteroatoms. The van der Waals surface area contributed by atoms with Gasteiger partial charge in [-0.15, -0.1) is 0 Å². The number of carbonyl (C=O) groups excluding carboxylic acids is 1. The first-order chi connectivity index (χ1) is 17.1. The highest BCUT2D eigenvalue weighted by molar-refractivity contribution is 7.89. The molecular weight excluding hydrogens is 508 g/mol. The SMILES string of the molecule is O=C(Nc1ccc(S(=O)(=O)N2CC3CC(C2)c2cccc(=O)n2C3)cc1)c1cc([N+](=O)[O-])ccc1Cl. The molecule has 1 aromatic heterocycles. The van der Waals surface area contributed by atoms with Crippen LogP contribution in [0.4, 0.5) is 11.4 Å². The molecule has 2 aromatic carbocycles. The average molecular weight is 529 g/mol. The van der Waals surface area contributed by atoms with Gasteiger partial charge < -0.3 is 9.88 Å². The number of carbonyl (C=O) groups is 1. The maximum atomic E-state index is 13.4. The van der Waals surface area contributed by atoms with Crippen molar-refractivity contribution < 1.29 is 18.1 Å². The third kappa shape index (κ3) is 4.41. The Kier molecular flexibility index (Phi) is 6.15. The van der Waals surface area contributed by atoms with Crippen molar-refractivity contribution in [2.24, 2.45) is 5.92 Å². The number of rotatable bonds is 5. The molecule has 0 radical (unpaired) electrons. The molecule has 3 heterocycles. The Labute approximate surface area is 211 Å². The van der Waals surface area contributed by atoms with Gasteiger partial charge in [0.25, 0.3) is 17.2 Å². The van der Waals surface area contributed by atoms with Gasteiger partial charge in [0, 0.05) is 55.1 Å². The number of anilines is 1. The second-order valence-corrected chi connectivity index (χ2v) is 11.3. The third-order valence-electron chi connectivity index (χ3n) is 6.60. The number of hydrogen-bond acceptors (Lipinski definition) is 6. The van der Waals surface area contributed by atoms with Crippen LogP contribution in [0.25, 0.3) is 0 Å². The van der Waals surface area contributed by atoms with E-state index in [1.54, 1.807) is 10.6 Å². The molecule has 2 unspecified atom stereocenters. The van der Waals surface area contributed by atoms with Crippen LogP contribution < -0.4 is 10.9 Å². The number of pyridine rings is 1. The number of hydrogen-bond donors (Lipinski definition) is 1. The third-order valence-corrected chi connectivity index (χ3v) is 8.78. The number of nitro benzene ring substituents is 1. The summed E-state index contributed by atoms with van der Waals surface area (Å²) >= 11 is 6.03. The first-order valence-electron chi connectivity index (χ1n) is 11.2. The fourth-order valence-electron chi connectivity index (χ4n) is 4.91. The Morgan fingerprint density at radius 2 is 1.81 bits per heavy atom. The van der Waals surface area contributed by atoms with E-state index in [2.05, 4.69) is 5.32 Å². The van der Waals surface area contributed by atoms with Crippen molar-refractivity contribution in [3.05, 3.63) is 97.4 Å². The van der Waals surface area contributed by atoms with E-state index in [4.69, 9.17) is 11.6 Å². The number of piperidine rings is 1. The van der Waals surface area contributed by atoms with E-state index < -0.39 is 20.9 Å². The number of fused-ring (bicyclic) bond motifs is 4. The van der Waals surface area contributed by atoms with E-state index in [-0.39, 0.29) is 45.1 Å². The summed E-state index contributed by atoms with van der Waals surface area (Å²) in [5.41, 5.74) is 0.760. The molecule has 1 amide bonds. The van der Waals surface area contributed by atoms with Crippen LogP contribution in [0.15, 0.2) is 70.4 Å². The highest BCUT2D eigenvalue weighted by Gasteiger charge is 2.39. The van der Waals surface area contributed by atoms with Crippen LogP contribution in [0, 0.1) is 16.0 Å². The standard InChI is InChI=1S/C24H21ClN4O6S/c25-21-9-6-18(29(32)33)11-20(21)24(31)26-17-4-7-19(8-5-17)36(34,35)27-12-15-10-16(14-27)22-2-1-3-23(30)28(22)13-15/h1-9,11,15-16H,10,12-14H2,(H,26,31). The van der Waals surface area contributed by atoms with Crippen LogP contribution in [-0.4, -0.2) is 41.2 Å². The normalized spacial score (nSPS) is 19.4. The summed E-state index contributed by atoms with van der Waals surface area (Å²) in [6.45, 7) is 1.10. The number of non-ortho nitro benzene ring substituents is 1. The fraction of sp³-hybridized carbons (Fsp3) is 0.250. The van der Waals surface area contributed by atoms with Crippen molar-refractivity contribution in [2.75, 3.05) is 18.4 Å². The molecule has 2 bridgehead atoms. The first-order valence-corrected chi connectivity index (χ1v) is 13.0. The Bertz CT molecular complexity index is 1540. The lowest BCUT2D eigenvalue weighted by Gasteiger charge is -2.42. The maximum Gasteiger partial charge on any atom is 0.270 e. The zero-order chi connectivity index (χ0) is 25.6. The highest BCUT2D eigenvalue weighted by atomic mass is 35.5. The van der Waals surface area contributed by atoms with E-state index in [1.807, 2.05) is 6.07 Å². The molecule has 5 rings (SSSR count). The van der Waals surface area contributed by atoms with Crippen LogP contribution >= 0.6 is 11.6 Å². The Morgan fingerprint density at radius 1 is 1.06 bits per heavy atom. The van der Waals surface area contributed by atoms with Gasteiger partial charge in [-0.05, 0) is 48.7 Å². The smallest absolute Gasteiger partial charge is 0.270 e. The van der Waals surface area contributed by atoms with Crippen molar-refractivity contribution in [1.82, 2.24) is 8.87 Å². The molecule has 0 spiro atoms. The number of nitrogens with zero attached hydrogens (tertiary/aromatic N) is 3. The van der Waals surface area contributed by atoms with Gasteiger partial charge in [0.15, 0.2) is 0 Å². The van der Waals surface area contributed by atoms with Gasteiger partial charge in [-0.2, -0.15) is 4.31 Å². The molecule has 1 fully saturated rings. The van der Waals surface area contributed by atoms with Gasteiger partial charge in [-0.25, -0.2) is 8.42 Å². The van der Waals surface area contributed by atoms with E-state index in [0.29, 0.717) is 18.8 Å². The molecular formula is C24H21ClN4O6S. The van der Waals surface area contributed by atoms with Crippen molar-refractivity contribution in [3.8, 4) is 0 Å². The monoisotopic (exact) mass is 528 g/mol. The molecule has 1 saturated heterocycles. The second kappa shape index (κ2) is 9.16. The quantitative estimate of drug-likeness (QED) is 0.398. The predicted octanol–water partition coefficient (Wildman–Crippen LogP) is 3.47. The lowest BCUT2D eigenvalue weighted by atomic mass is 9.84. The molecule has 2 aliphatic heterocycles. The molecule has 0 saturated carbocycles. The van der Waals surface area contributed by atoms with Gasteiger partial charge in [-0.3, -0.25) is 19.7 Å². The summed E-state index contributed by atoms with van der Waals surface area (Å²) in [5, 5.41) is 13.6. The molecule has 10 nitrogen and oxygen atoms in total. The van der Waals surface area contributed by atoms with Crippen LogP contribution in [0.5, 0.6) is 0 Å². The number of nitrogens with one attached hydrogen (secondary N) is 1. The molecule has 186 valence electrons. The zero-order valence-electron chi connectivity index (χ0n) is 18.8. The fourth-order valence-corrected chi connectivity index (χ4v) is 6.67. The molecule has 36 heavy (non-hydrogen) atoms. The summed E-state index contributed by atoms with van der Waals surface area (Å²) in [6.07, 6.45) is 0.834. The molecule has 2 aliphatic rings. The Hall–Kier alpha value is -3.54. The lowest BCUT2D eigenvalue weighted by molar-refractivity contribution is -0.384. The first kappa shape index (κ1) is 24.2. The van der Waals surface area contributed by atoms with E-state index >= 15 is 0 Å². The molecule has 2 atom stereocenters. The highest BCUT2D eigenvalue weighted by Crippen LogP contribution is 2.37. The van der Waals surface area contributed by atoms with Crippen molar-refractivity contribution in [3.63, 3.8) is 0 Å². The summed E-state index contributed by atoms with van der Waals surface area (Å²) in [5.74, 6) is -0.666. The van der Waals surface area contributed by atoms with Crippen molar-refractivity contribution >= 4 is 38.9 Å². The van der Waals surface area contributed by atoms with E-state index in [0.717, 1.165) is 18.2 Å². The van der Waals surface area contributed by atoms with Crippen molar-refractivity contribution in [2.45, 2.75) is 23.8 Å². The van der Waals surface area contributed by atoms with Gasteiger partial charge in [0.1, 0.15) is 0 Å². The molecule has 1 N–H and O–H groups in total. The topological polar surface area (TPSA) is 132 Å². The van der Waals surface area contributed by atoms with Crippen LogP contribution in [0.1, 0.15) is 28.4 Å². The number of amides is 1. The maximum absolute atomic E-state index is 13.4. The average Bonchev–Trinajstić information content (AvgIpc) is 2.85. The van der Waals surface area contributed by atoms with Gasteiger partial charge >= 0.3 is 0 Å². The minimum Gasteiger partial charge on any atom is -0.322 e. The predicted molar refractivity (Wildman–Crippen MR) is 133 cm³/mol. The van der Waals surface area contributed by atoms with Crippen molar-refractivity contribution in [1.29, 1.82) is 0 Å². The summed E-state index contributed by atoms with van der Waals surface area (Å²) in [4.78, 5) is 35.3. The number of nitro groups is 1. The van der Waals surface area contributed by atoms with E-state index in [1.165, 1.54) is 46.8 Å². The number of sulfonamides is 1. The van der Waals surface area contributed by atoms with Gasteiger partial charge in [0.05, 0.1) is 20.4 Å². The van der Waals surface area contributed by atoms with E-state index in [9.17, 15) is 28.1 Å². The summed E-state index contributed by atoms with van der Waals surface area (Å²) in [6, 6.07) is 14.4. The summed E-state index contributed by atoms with van der Waals surface area (Å²) < 4.78 is 30.0. The minimum absolute atomic E-state index is 0.0457. The van der Waals surface area contributed by atoms with Crippen LogP contribution in [-0.2, 0) is 16.6 Å². The Balaban J connectivity index is 1.33. The minimum atomic E-state index is -3.80. The number of halogens is 1. The number of benzene rings is 2.